The predicted octanol–water partition coefficient (Wildman–Crippen LogP) is 2.62. The Morgan fingerprint density at radius 3 is 2.63 bits per heavy atom. The molecule has 0 saturated carbocycles. The Balaban J connectivity index is 2.24. The minimum atomic E-state index is -0.685. The summed E-state index contributed by atoms with van der Waals surface area (Å²) < 4.78 is 12.0. The summed E-state index contributed by atoms with van der Waals surface area (Å²) >= 11 is 3.52. The van der Waals surface area contributed by atoms with Crippen LogP contribution < -0.4 is 31.6 Å². The highest BCUT2D eigenvalue weighted by Gasteiger charge is 2.31. The third-order valence-corrected chi connectivity index (χ3v) is 4.87. The maximum absolute atomic E-state index is 9.43. The smallest absolute Gasteiger partial charge is 0.211 e. The van der Waals surface area contributed by atoms with E-state index in [0.29, 0.717) is 32.9 Å². The first kappa shape index (κ1) is 21.0. The number of nitriles is 2. The first-order chi connectivity index (χ1) is 14.3. The van der Waals surface area contributed by atoms with Gasteiger partial charge in [0.1, 0.15) is 29.3 Å². The van der Waals surface area contributed by atoms with E-state index in [1.165, 1.54) is 7.11 Å². The minimum Gasteiger partial charge on any atom is -0.493 e. The van der Waals surface area contributed by atoms with Crippen LogP contribution >= 0.6 is 15.9 Å². The van der Waals surface area contributed by atoms with Gasteiger partial charge < -0.3 is 26.3 Å². The van der Waals surface area contributed by atoms with Gasteiger partial charge >= 0.3 is 0 Å². The van der Waals surface area contributed by atoms with Crippen molar-refractivity contribution in [2.75, 3.05) is 23.9 Å². The molecule has 154 valence electrons. The van der Waals surface area contributed by atoms with Crippen LogP contribution in [-0.4, -0.2) is 24.2 Å². The maximum atomic E-state index is 9.43. The second kappa shape index (κ2) is 8.35. The van der Waals surface area contributed by atoms with Crippen molar-refractivity contribution in [1.29, 1.82) is 10.5 Å². The van der Waals surface area contributed by atoms with Crippen LogP contribution in [0.3, 0.4) is 0 Å². The summed E-state index contributed by atoms with van der Waals surface area (Å²) in [6.07, 6.45) is 1.75. The molecule has 2 aromatic rings. The second-order valence-corrected chi connectivity index (χ2v) is 7.46. The van der Waals surface area contributed by atoms with Gasteiger partial charge in [-0.3, -0.25) is 5.32 Å². The molecule has 11 heteroatoms. The minimum absolute atomic E-state index is 0.0161. The average molecular weight is 471 g/mol. The van der Waals surface area contributed by atoms with Crippen molar-refractivity contribution in [2.45, 2.75) is 26.0 Å². The highest BCUT2D eigenvalue weighted by atomic mass is 79.9. The first-order valence-corrected chi connectivity index (χ1v) is 9.62. The molecule has 0 amide bonds. The number of ether oxygens (including phenoxy) is 2. The highest BCUT2D eigenvalue weighted by Crippen LogP contribution is 2.45. The molecule has 1 aliphatic heterocycles. The van der Waals surface area contributed by atoms with E-state index in [2.05, 4.69) is 36.5 Å². The molecule has 1 aliphatic rings. The van der Waals surface area contributed by atoms with Crippen LogP contribution in [0.1, 0.15) is 36.6 Å². The molecule has 3 rings (SSSR count). The monoisotopic (exact) mass is 470 g/mol. The molecule has 0 fully saturated rings. The number of aliphatic imine (C=N–C) groups is 1. The molecule has 30 heavy (non-hydrogen) atoms. The molecule has 1 atom stereocenters. The van der Waals surface area contributed by atoms with Crippen LogP contribution in [0.4, 0.5) is 17.3 Å². The molecule has 1 aromatic heterocycles. The van der Waals surface area contributed by atoms with E-state index in [1.807, 2.05) is 32.2 Å². The Hall–Kier alpha value is -3.70. The zero-order chi connectivity index (χ0) is 22.0. The molecular weight excluding hydrogens is 452 g/mol. The molecule has 0 saturated heterocycles. The molecular formula is C19H19BrN8O2. The molecule has 0 aliphatic carbocycles. The Kier molecular flexibility index (Phi) is 5.85. The second-order valence-electron chi connectivity index (χ2n) is 6.60. The number of halogens is 1. The normalized spacial score (nSPS) is 14.6. The summed E-state index contributed by atoms with van der Waals surface area (Å²) in [6, 6.07) is 4.87. The fourth-order valence-electron chi connectivity index (χ4n) is 3.07. The molecule has 6 N–H and O–H groups in total. The van der Waals surface area contributed by atoms with E-state index in [4.69, 9.17) is 26.2 Å². The zero-order valence-corrected chi connectivity index (χ0v) is 18.0. The largest absolute Gasteiger partial charge is 0.493 e. The van der Waals surface area contributed by atoms with Crippen molar-refractivity contribution in [2.24, 2.45) is 4.99 Å². The van der Waals surface area contributed by atoms with Crippen LogP contribution in [0, 0.1) is 22.8 Å². The summed E-state index contributed by atoms with van der Waals surface area (Å²) in [5.74, 6) is 1.49. The SMILES string of the molecule is COc1cc(C2N=C(NC#N)Nc3nc(N)c(C#N)c(N)c32)cc(Br)c1OC(C)C. The Labute approximate surface area is 181 Å². The maximum Gasteiger partial charge on any atom is 0.211 e. The predicted molar refractivity (Wildman–Crippen MR) is 116 cm³/mol. The van der Waals surface area contributed by atoms with Gasteiger partial charge in [-0.15, -0.1) is 0 Å². The number of nitrogens with two attached hydrogens (primary N) is 2. The van der Waals surface area contributed by atoms with Gasteiger partial charge in [0.25, 0.3) is 0 Å². The number of hydrogen-bond donors (Lipinski definition) is 4. The quantitative estimate of drug-likeness (QED) is 0.387. The fraction of sp³-hybridized carbons (Fsp3) is 0.263. The van der Waals surface area contributed by atoms with E-state index in [9.17, 15) is 5.26 Å². The van der Waals surface area contributed by atoms with Gasteiger partial charge in [-0.2, -0.15) is 10.5 Å². The summed E-state index contributed by atoms with van der Waals surface area (Å²) in [5.41, 5.74) is 13.5. The number of nitrogens with one attached hydrogen (secondary N) is 2. The molecule has 10 nitrogen and oxygen atoms in total. The number of pyridine rings is 1. The number of nitrogen functional groups attached to an aromatic ring is 2. The lowest BCUT2D eigenvalue weighted by Gasteiger charge is -2.27. The van der Waals surface area contributed by atoms with Crippen molar-refractivity contribution < 1.29 is 9.47 Å². The van der Waals surface area contributed by atoms with E-state index >= 15 is 0 Å². The third-order valence-electron chi connectivity index (χ3n) is 4.28. The number of hydrogen-bond acceptors (Lipinski definition) is 10. The standard InChI is InChI=1S/C19H19BrN8O2/c1-8(2)30-16-11(20)4-9(5-12(16)29-3)15-13-14(23)10(6-21)17(24)27-18(13)28-19(26-15)25-7-22/h4-5,8,15H,1-3H3,(H6,23,24,25,26,27,28). The molecule has 0 bridgehead atoms. The fourth-order valence-corrected chi connectivity index (χ4v) is 3.62. The number of benzene rings is 1. The van der Waals surface area contributed by atoms with Crippen LogP contribution in [0.2, 0.25) is 0 Å². The highest BCUT2D eigenvalue weighted by molar-refractivity contribution is 9.10. The number of nitrogens with zero attached hydrogens (tertiary/aromatic N) is 4. The average Bonchev–Trinajstić information content (AvgIpc) is 2.68. The van der Waals surface area contributed by atoms with E-state index in [0.717, 1.165) is 0 Å². The van der Waals surface area contributed by atoms with Crippen LogP contribution in [0.5, 0.6) is 11.5 Å². The third kappa shape index (κ3) is 3.75. The number of guanidine groups is 1. The van der Waals surface area contributed by atoms with Crippen molar-refractivity contribution >= 4 is 39.2 Å². The summed E-state index contributed by atoms with van der Waals surface area (Å²) in [6.45, 7) is 3.82. The van der Waals surface area contributed by atoms with Crippen molar-refractivity contribution in [3.05, 3.63) is 33.3 Å². The Bertz CT molecular complexity index is 1120. The van der Waals surface area contributed by atoms with E-state index in [-0.39, 0.29) is 29.1 Å². The summed E-state index contributed by atoms with van der Waals surface area (Å²) in [5, 5.41) is 23.8. The van der Waals surface area contributed by atoms with Gasteiger partial charge in [-0.25, -0.2) is 9.98 Å². The molecule has 0 spiro atoms. The van der Waals surface area contributed by atoms with E-state index < -0.39 is 6.04 Å². The van der Waals surface area contributed by atoms with Gasteiger partial charge in [0.05, 0.1) is 23.4 Å². The van der Waals surface area contributed by atoms with Crippen LogP contribution in [-0.2, 0) is 0 Å². The Morgan fingerprint density at radius 1 is 1.30 bits per heavy atom. The van der Waals surface area contributed by atoms with Crippen molar-refractivity contribution in [3.8, 4) is 23.8 Å². The zero-order valence-electron chi connectivity index (χ0n) is 16.4. The van der Waals surface area contributed by atoms with Crippen molar-refractivity contribution in [3.63, 3.8) is 0 Å². The number of anilines is 3. The van der Waals surface area contributed by atoms with Gasteiger partial charge in [-0.05, 0) is 47.5 Å². The first-order valence-electron chi connectivity index (χ1n) is 8.83. The molecule has 1 unspecified atom stereocenters. The van der Waals surface area contributed by atoms with Crippen LogP contribution in [0.15, 0.2) is 21.6 Å². The molecule has 2 heterocycles. The lowest BCUT2D eigenvalue weighted by Crippen LogP contribution is -2.32. The van der Waals surface area contributed by atoms with Gasteiger partial charge in [-0.1, -0.05) is 0 Å². The number of rotatable bonds is 4. The lowest BCUT2D eigenvalue weighted by atomic mass is 9.95. The van der Waals surface area contributed by atoms with Gasteiger partial charge in [0.2, 0.25) is 5.96 Å². The van der Waals surface area contributed by atoms with Crippen LogP contribution in [0.25, 0.3) is 0 Å². The van der Waals surface area contributed by atoms with Crippen molar-refractivity contribution in [1.82, 2.24) is 10.3 Å². The molecule has 1 aromatic carbocycles. The van der Waals surface area contributed by atoms with Gasteiger partial charge in [0.15, 0.2) is 17.7 Å². The van der Waals surface area contributed by atoms with E-state index in [1.54, 1.807) is 6.07 Å². The van der Waals surface area contributed by atoms with Gasteiger partial charge in [0, 0.05) is 5.56 Å². The number of fused-ring (bicyclic) bond motifs is 1. The number of methoxy groups -OCH3 is 1. The lowest BCUT2D eigenvalue weighted by molar-refractivity contribution is 0.228. The Morgan fingerprint density at radius 2 is 2.03 bits per heavy atom. The number of aromatic nitrogens is 1. The summed E-state index contributed by atoms with van der Waals surface area (Å²) in [4.78, 5) is 8.78. The topological polar surface area (TPSA) is 167 Å². The summed E-state index contributed by atoms with van der Waals surface area (Å²) in [7, 11) is 1.53. The molecule has 0 radical (unpaired) electrons.